The summed E-state index contributed by atoms with van der Waals surface area (Å²) >= 11 is -2.30. The normalized spacial score (nSPS) is 22.6. The molecule has 0 N–H and O–H groups in total. The Morgan fingerprint density at radius 2 is 2.64 bits per heavy atom. The summed E-state index contributed by atoms with van der Waals surface area (Å²) in [6.07, 6.45) is 1.20. The van der Waals surface area contributed by atoms with Crippen LogP contribution in [0.4, 0.5) is 0 Å². The topological polar surface area (TPSA) is 76.4 Å². The van der Waals surface area contributed by atoms with Gasteiger partial charge in [0.2, 0.25) is 5.88 Å². The van der Waals surface area contributed by atoms with Gasteiger partial charge in [-0.25, -0.2) is 4.68 Å². The number of nitrogens with zero attached hydrogens (tertiary/aromatic N) is 2. The monoisotopic (exact) mass is 217 g/mol. The van der Waals surface area contributed by atoms with Crippen molar-refractivity contribution >= 4 is 11.1 Å². The molecule has 6 nitrogen and oxygen atoms in total. The molecule has 14 heavy (non-hydrogen) atoms. The molecule has 0 radical (unpaired) electrons. The molecular weight excluding hydrogens is 208 g/mol. The highest BCUT2D eigenvalue weighted by Gasteiger charge is 2.23. The molecule has 0 saturated carbocycles. The highest BCUT2D eigenvalue weighted by atomic mass is 32.2. The summed E-state index contributed by atoms with van der Waals surface area (Å²) in [5, 5.41) is 3.89. The molecule has 0 spiro atoms. The van der Waals surface area contributed by atoms with Crippen LogP contribution in [0.3, 0.4) is 0 Å². The molecule has 0 saturated heterocycles. The standard InChI is InChI=1S/C7H10N2O4S/c1-12-5-3-9-7(13-4-5)6(2-8-9)14(10)11/h2,5H,3-4H2,1H3,(H,10,11)/p-1/t5-/m0/s1. The zero-order valence-electron chi connectivity index (χ0n) is 7.50. The van der Waals surface area contributed by atoms with Crippen LogP contribution in [0.2, 0.25) is 0 Å². The van der Waals surface area contributed by atoms with Crippen molar-refractivity contribution in [1.29, 1.82) is 0 Å². The van der Waals surface area contributed by atoms with E-state index in [0.29, 0.717) is 19.0 Å². The van der Waals surface area contributed by atoms with E-state index in [1.807, 2.05) is 0 Å². The molecule has 0 aromatic carbocycles. The van der Waals surface area contributed by atoms with E-state index in [9.17, 15) is 8.76 Å². The largest absolute Gasteiger partial charge is 0.768 e. The Bertz CT molecular complexity index is 365. The van der Waals surface area contributed by atoms with Crippen LogP contribution in [0.25, 0.3) is 0 Å². The quantitative estimate of drug-likeness (QED) is 0.626. The van der Waals surface area contributed by atoms with Gasteiger partial charge >= 0.3 is 0 Å². The van der Waals surface area contributed by atoms with Gasteiger partial charge in [0.1, 0.15) is 17.6 Å². The molecule has 1 aromatic rings. The number of ether oxygens (including phenoxy) is 2. The number of aromatic nitrogens is 2. The van der Waals surface area contributed by atoms with E-state index < -0.39 is 11.1 Å². The molecule has 0 fully saturated rings. The van der Waals surface area contributed by atoms with E-state index in [1.165, 1.54) is 10.9 Å². The van der Waals surface area contributed by atoms with Crippen molar-refractivity contribution in [3.05, 3.63) is 6.20 Å². The van der Waals surface area contributed by atoms with E-state index >= 15 is 0 Å². The minimum absolute atomic E-state index is 0.0738. The average Bonchev–Trinajstić information content (AvgIpc) is 2.59. The van der Waals surface area contributed by atoms with Crippen LogP contribution in [0.5, 0.6) is 5.88 Å². The van der Waals surface area contributed by atoms with E-state index in [2.05, 4.69) is 5.10 Å². The third-order valence-electron chi connectivity index (χ3n) is 2.05. The molecule has 1 aromatic heterocycles. The van der Waals surface area contributed by atoms with Gasteiger partial charge in [-0.2, -0.15) is 5.10 Å². The number of hydrogen-bond acceptors (Lipinski definition) is 5. The van der Waals surface area contributed by atoms with E-state index in [-0.39, 0.29) is 11.0 Å². The van der Waals surface area contributed by atoms with Crippen LogP contribution in [0.1, 0.15) is 0 Å². The summed E-state index contributed by atoms with van der Waals surface area (Å²) in [7, 11) is 1.58. The molecule has 1 unspecified atom stereocenters. The Balaban J connectivity index is 2.29. The van der Waals surface area contributed by atoms with E-state index in [1.54, 1.807) is 7.11 Å². The van der Waals surface area contributed by atoms with Crippen LogP contribution < -0.4 is 4.74 Å². The molecule has 1 aliphatic heterocycles. The predicted octanol–water partition coefficient (Wildman–Crippen LogP) is -0.472. The Kier molecular flexibility index (Phi) is 2.53. The minimum atomic E-state index is -2.30. The molecule has 78 valence electrons. The van der Waals surface area contributed by atoms with Gasteiger partial charge in [-0.05, 0) is 11.1 Å². The lowest BCUT2D eigenvalue weighted by molar-refractivity contribution is 0.0165. The lowest BCUT2D eigenvalue weighted by Gasteiger charge is -2.23. The fourth-order valence-electron chi connectivity index (χ4n) is 1.31. The van der Waals surface area contributed by atoms with Crippen molar-refractivity contribution in [3.63, 3.8) is 0 Å². The molecule has 1 aliphatic rings. The van der Waals surface area contributed by atoms with Gasteiger partial charge < -0.3 is 14.0 Å². The Hall–Kier alpha value is -0.920. The first kappa shape index (κ1) is 9.63. The number of fused-ring (bicyclic) bond motifs is 1. The van der Waals surface area contributed by atoms with Crippen molar-refractivity contribution in [1.82, 2.24) is 9.78 Å². The van der Waals surface area contributed by atoms with Crippen molar-refractivity contribution < 1.29 is 18.2 Å². The van der Waals surface area contributed by atoms with Gasteiger partial charge in [-0.1, -0.05) is 0 Å². The SMILES string of the molecule is CO[C@@H]1COc2c(S(=O)[O-])cnn2C1. The van der Waals surface area contributed by atoms with Crippen LogP contribution >= 0.6 is 0 Å². The minimum Gasteiger partial charge on any atom is -0.768 e. The van der Waals surface area contributed by atoms with Crippen molar-refractivity contribution in [2.75, 3.05) is 13.7 Å². The summed E-state index contributed by atoms with van der Waals surface area (Å²) in [4.78, 5) is 0.0968. The third kappa shape index (κ3) is 1.54. The Morgan fingerprint density at radius 3 is 3.29 bits per heavy atom. The van der Waals surface area contributed by atoms with E-state index in [4.69, 9.17) is 9.47 Å². The lowest BCUT2D eigenvalue weighted by atomic mass is 10.3. The summed E-state index contributed by atoms with van der Waals surface area (Å²) in [5.74, 6) is 0.298. The number of rotatable bonds is 2. The second-order valence-electron chi connectivity index (χ2n) is 2.90. The predicted molar refractivity (Wildman–Crippen MR) is 45.7 cm³/mol. The molecular formula is C7H9N2O4S-. The number of hydrogen-bond donors (Lipinski definition) is 0. The maximum atomic E-state index is 10.7. The highest BCUT2D eigenvalue weighted by molar-refractivity contribution is 7.79. The first-order valence-electron chi connectivity index (χ1n) is 4.03. The second kappa shape index (κ2) is 3.68. The summed E-state index contributed by atoms with van der Waals surface area (Å²) < 4.78 is 33.2. The van der Waals surface area contributed by atoms with Gasteiger partial charge in [-0.15, -0.1) is 0 Å². The maximum absolute atomic E-state index is 10.7. The number of methoxy groups -OCH3 is 1. The van der Waals surface area contributed by atoms with Crippen LogP contribution in [0.15, 0.2) is 11.1 Å². The van der Waals surface area contributed by atoms with Crippen LogP contribution in [0, 0.1) is 0 Å². The van der Waals surface area contributed by atoms with Crippen molar-refractivity contribution in [3.8, 4) is 5.88 Å². The summed E-state index contributed by atoms with van der Waals surface area (Å²) in [5.41, 5.74) is 0. The highest BCUT2D eigenvalue weighted by Crippen LogP contribution is 2.25. The molecule has 2 heterocycles. The zero-order chi connectivity index (χ0) is 10.1. The van der Waals surface area contributed by atoms with Gasteiger partial charge in [0.05, 0.1) is 12.7 Å². The van der Waals surface area contributed by atoms with Gasteiger partial charge in [0.25, 0.3) is 0 Å². The van der Waals surface area contributed by atoms with Crippen LogP contribution in [-0.4, -0.2) is 38.4 Å². The second-order valence-corrected chi connectivity index (χ2v) is 3.81. The molecule has 0 aliphatic carbocycles. The Morgan fingerprint density at radius 1 is 1.86 bits per heavy atom. The smallest absolute Gasteiger partial charge is 0.227 e. The van der Waals surface area contributed by atoms with Gasteiger partial charge in [0, 0.05) is 7.11 Å². The van der Waals surface area contributed by atoms with Crippen LogP contribution in [-0.2, 0) is 22.4 Å². The van der Waals surface area contributed by atoms with E-state index in [0.717, 1.165) is 0 Å². The fourth-order valence-corrected chi connectivity index (χ4v) is 1.75. The molecule has 2 atom stereocenters. The van der Waals surface area contributed by atoms with Crippen molar-refractivity contribution in [2.24, 2.45) is 0 Å². The maximum Gasteiger partial charge on any atom is 0.227 e. The first-order valence-corrected chi connectivity index (χ1v) is 5.10. The summed E-state index contributed by atoms with van der Waals surface area (Å²) in [6.45, 7) is 0.870. The molecule has 2 rings (SSSR count). The lowest BCUT2D eigenvalue weighted by Crippen LogP contribution is -2.32. The van der Waals surface area contributed by atoms with Gasteiger partial charge in [0.15, 0.2) is 0 Å². The molecule has 0 amide bonds. The Labute approximate surface area is 83.1 Å². The third-order valence-corrected chi connectivity index (χ3v) is 2.69. The molecule has 0 bridgehead atoms. The fraction of sp³-hybridized carbons (Fsp3) is 0.571. The summed E-state index contributed by atoms with van der Waals surface area (Å²) in [6, 6.07) is 0. The van der Waals surface area contributed by atoms with Gasteiger partial charge in [-0.3, -0.25) is 4.21 Å². The zero-order valence-corrected chi connectivity index (χ0v) is 8.32. The average molecular weight is 217 g/mol. The molecule has 7 heteroatoms. The van der Waals surface area contributed by atoms with Crippen molar-refractivity contribution in [2.45, 2.75) is 17.5 Å². The first-order chi connectivity index (χ1) is 6.72.